The summed E-state index contributed by atoms with van der Waals surface area (Å²) in [6.07, 6.45) is 9.05. The molecule has 0 aromatic heterocycles. The molecule has 0 amide bonds. The Morgan fingerprint density at radius 1 is 1.27 bits per heavy atom. The van der Waals surface area contributed by atoms with Gasteiger partial charge in [-0.1, -0.05) is 32.4 Å². The molecular formula is C31H45NO5. The molecule has 1 N–H and O–H groups in total. The second-order valence-corrected chi connectivity index (χ2v) is 13.5. The number of hydrogen-bond donors (Lipinski definition) is 1. The van der Waals surface area contributed by atoms with Gasteiger partial charge in [-0.15, -0.1) is 0 Å². The van der Waals surface area contributed by atoms with E-state index in [1.165, 1.54) is 18.3 Å². The van der Waals surface area contributed by atoms with Gasteiger partial charge in [0.1, 0.15) is 0 Å². The topological polar surface area (TPSA) is 76.1 Å². The van der Waals surface area contributed by atoms with Crippen LogP contribution in [0.5, 0.6) is 0 Å². The first-order valence-electron chi connectivity index (χ1n) is 14.7. The Hall–Kier alpha value is -1.50. The van der Waals surface area contributed by atoms with Crippen molar-refractivity contribution in [2.75, 3.05) is 20.2 Å². The Labute approximate surface area is 221 Å². The monoisotopic (exact) mass is 511 g/mol. The lowest BCUT2D eigenvalue weighted by atomic mass is 9.56. The second kappa shape index (κ2) is 9.02. The van der Waals surface area contributed by atoms with Gasteiger partial charge in [-0.05, 0) is 80.6 Å². The standard InChI is InChI=1S/C31H45NO5/c1-17-14-24-28(32(16-17)13-10-25(34)36-5)19(3)31(37-24)12-9-22-23-7-6-20-15-21(33)8-11-30(20,4)27(23)29(35)26(22)18(31)2/h6,17,19,21-24,27-28,33H,7-16H2,1-5H3. The van der Waals surface area contributed by atoms with Crippen molar-refractivity contribution in [3.63, 3.8) is 0 Å². The molecule has 0 aromatic rings. The van der Waals surface area contributed by atoms with Crippen molar-refractivity contribution in [1.29, 1.82) is 0 Å². The van der Waals surface area contributed by atoms with E-state index < -0.39 is 5.60 Å². The first kappa shape index (κ1) is 25.8. The number of ether oxygens (including phenoxy) is 2. The van der Waals surface area contributed by atoms with Crippen molar-refractivity contribution < 1.29 is 24.2 Å². The lowest BCUT2D eigenvalue weighted by molar-refractivity contribution is -0.141. The fraction of sp³-hybridized carbons (Fsp3) is 0.806. The van der Waals surface area contributed by atoms with Crippen LogP contribution in [0.15, 0.2) is 22.8 Å². The van der Waals surface area contributed by atoms with Crippen molar-refractivity contribution in [2.45, 2.75) is 103 Å². The molecule has 10 atom stereocenters. The molecule has 4 fully saturated rings. The molecule has 6 rings (SSSR count). The molecule has 0 radical (unpaired) electrons. The fourth-order valence-electron chi connectivity index (χ4n) is 9.90. The van der Waals surface area contributed by atoms with E-state index >= 15 is 0 Å². The van der Waals surface area contributed by atoms with E-state index in [9.17, 15) is 14.7 Å². The van der Waals surface area contributed by atoms with E-state index in [-0.39, 0.29) is 41.5 Å². The number of nitrogens with zero attached hydrogens (tertiary/aromatic N) is 1. The molecule has 37 heavy (non-hydrogen) atoms. The molecule has 4 aliphatic carbocycles. The Morgan fingerprint density at radius 3 is 2.81 bits per heavy atom. The molecule has 2 saturated carbocycles. The summed E-state index contributed by atoms with van der Waals surface area (Å²) in [5.41, 5.74) is 3.10. The summed E-state index contributed by atoms with van der Waals surface area (Å²) in [7, 11) is 1.46. The lowest BCUT2D eigenvalue weighted by Gasteiger charge is -2.48. The maximum Gasteiger partial charge on any atom is 0.306 e. The Morgan fingerprint density at radius 2 is 2.05 bits per heavy atom. The van der Waals surface area contributed by atoms with Crippen LogP contribution in [-0.4, -0.2) is 65.8 Å². The third kappa shape index (κ3) is 3.68. The number of piperidine rings is 1. The predicted octanol–water partition coefficient (Wildman–Crippen LogP) is 4.46. The molecule has 0 aromatic carbocycles. The zero-order valence-electron chi connectivity index (χ0n) is 23.3. The van der Waals surface area contributed by atoms with Gasteiger partial charge in [-0.25, -0.2) is 0 Å². The van der Waals surface area contributed by atoms with Gasteiger partial charge in [0.25, 0.3) is 0 Å². The number of carbonyl (C=O) groups is 2. The van der Waals surface area contributed by atoms with E-state index in [1.54, 1.807) is 0 Å². The Bertz CT molecular complexity index is 1050. The second-order valence-electron chi connectivity index (χ2n) is 13.5. The molecule has 6 heteroatoms. The minimum absolute atomic E-state index is 0.0423. The number of aliphatic hydroxyl groups excluding tert-OH is 1. The molecule has 2 aliphatic heterocycles. The highest BCUT2D eigenvalue weighted by molar-refractivity contribution is 6.02. The van der Waals surface area contributed by atoms with Crippen molar-refractivity contribution in [1.82, 2.24) is 4.90 Å². The van der Waals surface area contributed by atoms with Crippen LogP contribution in [0.2, 0.25) is 0 Å². The molecule has 10 unspecified atom stereocenters. The highest BCUT2D eigenvalue weighted by Gasteiger charge is 2.64. The van der Waals surface area contributed by atoms with E-state index in [0.29, 0.717) is 36.5 Å². The smallest absolute Gasteiger partial charge is 0.306 e. The first-order valence-corrected chi connectivity index (χ1v) is 14.7. The molecule has 6 nitrogen and oxygen atoms in total. The minimum atomic E-state index is -0.391. The van der Waals surface area contributed by atoms with Crippen LogP contribution < -0.4 is 0 Å². The van der Waals surface area contributed by atoms with Crippen molar-refractivity contribution >= 4 is 11.8 Å². The van der Waals surface area contributed by atoms with Crippen molar-refractivity contribution in [2.24, 2.45) is 35.0 Å². The largest absolute Gasteiger partial charge is 0.469 e. The van der Waals surface area contributed by atoms with Crippen LogP contribution in [0.1, 0.15) is 79.1 Å². The zero-order valence-corrected chi connectivity index (χ0v) is 23.3. The van der Waals surface area contributed by atoms with Crippen LogP contribution in [0.4, 0.5) is 0 Å². The zero-order chi connectivity index (χ0) is 26.3. The lowest BCUT2D eigenvalue weighted by Crippen LogP contribution is -2.52. The van der Waals surface area contributed by atoms with Gasteiger partial charge < -0.3 is 14.6 Å². The number of fused-ring (bicyclic) bond motifs is 6. The third-order valence-corrected chi connectivity index (χ3v) is 11.7. The molecule has 6 aliphatic rings. The fourth-order valence-corrected chi connectivity index (χ4v) is 9.90. The normalized spacial score (nSPS) is 47.3. The number of rotatable bonds is 3. The number of methoxy groups -OCH3 is 1. The van der Waals surface area contributed by atoms with E-state index in [4.69, 9.17) is 9.47 Å². The highest BCUT2D eigenvalue weighted by Crippen LogP contribution is 2.64. The number of hydrogen-bond acceptors (Lipinski definition) is 6. The third-order valence-electron chi connectivity index (χ3n) is 11.7. The summed E-state index contributed by atoms with van der Waals surface area (Å²) in [5, 5.41) is 10.3. The van der Waals surface area contributed by atoms with Gasteiger partial charge in [-0.2, -0.15) is 0 Å². The van der Waals surface area contributed by atoms with Gasteiger partial charge in [-0.3, -0.25) is 14.5 Å². The maximum atomic E-state index is 14.3. The van der Waals surface area contributed by atoms with Gasteiger partial charge in [0.15, 0.2) is 5.78 Å². The number of allylic oxidation sites excluding steroid dienone is 2. The molecule has 0 bridgehead atoms. The number of carbonyl (C=O) groups excluding carboxylic acids is 2. The Kier molecular flexibility index (Phi) is 6.28. The van der Waals surface area contributed by atoms with Gasteiger partial charge in [0.05, 0.1) is 31.3 Å². The van der Waals surface area contributed by atoms with Gasteiger partial charge in [0.2, 0.25) is 0 Å². The van der Waals surface area contributed by atoms with E-state index in [1.807, 2.05) is 0 Å². The number of aliphatic hydroxyl groups is 1. The number of likely N-dealkylation sites (tertiary alicyclic amines) is 1. The molecule has 2 heterocycles. The van der Waals surface area contributed by atoms with Crippen LogP contribution in [-0.2, 0) is 19.1 Å². The van der Waals surface area contributed by atoms with Crippen LogP contribution in [0.25, 0.3) is 0 Å². The number of esters is 1. The average molecular weight is 512 g/mol. The summed E-state index contributed by atoms with van der Waals surface area (Å²) in [5.74, 6) is 1.74. The number of Topliss-reactive ketones (excluding diaryl/α,β-unsaturated/α-hetero) is 1. The SMILES string of the molecule is COC(=O)CCN1CC(C)CC2OC3(CCC4C(=C3C)C(=O)C3C4CC=C4CC(O)CCC43C)C(C)C21. The first-order chi connectivity index (χ1) is 17.6. The summed E-state index contributed by atoms with van der Waals surface area (Å²) in [6.45, 7) is 10.8. The van der Waals surface area contributed by atoms with Crippen LogP contribution >= 0.6 is 0 Å². The average Bonchev–Trinajstić information content (AvgIpc) is 3.32. The predicted molar refractivity (Wildman–Crippen MR) is 141 cm³/mol. The quantitative estimate of drug-likeness (QED) is 0.446. The van der Waals surface area contributed by atoms with Crippen LogP contribution in [0.3, 0.4) is 0 Å². The maximum absolute atomic E-state index is 14.3. The Balaban J connectivity index is 1.33. The highest BCUT2D eigenvalue weighted by atomic mass is 16.5. The van der Waals surface area contributed by atoms with Crippen molar-refractivity contribution in [3.05, 3.63) is 22.8 Å². The molecule has 2 saturated heterocycles. The van der Waals surface area contributed by atoms with Crippen LogP contribution in [0, 0.1) is 35.0 Å². The van der Waals surface area contributed by atoms with Crippen molar-refractivity contribution in [3.8, 4) is 0 Å². The molecule has 1 spiro atoms. The summed E-state index contributed by atoms with van der Waals surface area (Å²) >= 11 is 0. The molecular weight excluding hydrogens is 466 g/mol. The summed E-state index contributed by atoms with van der Waals surface area (Å²) in [4.78, 5) is 28.8. The van der Waals surface area contributed by atoms with Gasteiger partial charge >= 0.3 is 5.97 Å². The van der Waals surface area contributed by atoms with E-state index in [0.717, 1.165) is 57.1 Å². The number of ketones is 1. The summed E-state index contributed by atoms with van der Waals surface area (Å²) in [6, 6.07) is 0.261. The summed E-state index contributed by atoms with van der Waals surface area (Å²) < 4.78 is 12.0. The van der Waals surface area contributed by atoms with Gasteiger partial charge in [0, 0.05) is 36.5 Å². The minimum Gasteiger partial charge on any atom is -0.469 e. The molecule has 204 valence electrons. The van der Waals surface area contributed by atoms with E-state index in [2.05, 4.69) is 38.7 Å².